The normalized spacial score (nSPS) is 12.5. The first-order valence-electron chi connectivity index (χ1n) is 8.79. The van der Waals surface area contributed by atoms with Gasteiger partial charge >= 0.3 is 6.09 Å². The molecule has 0 saturated heterocycles. The molecule has 2 aromatic carbocycles. The quantitative estimate of drug-likeness (QED) is 0.535. The van der Waals surface area contributed by atoms with Gasteiger partial charge in [0.1, 0.15) is 0 Å². The lowest BCUT2D eigenvalue weighted by atomic mass is 10.0. The molecular weight excluding hydrogens is 477 g/mol. The zero-order valence-corrected chi connectivity index (χ0v) is 18.7. The molecule has 1 amide bonds. The zero-order valence-electron chi connectivity index (χ0n) is 15.8. The highest BCUT2D eigenvalue weighted by Gasteiger charge is 2.30. The summed E-state index contributed by atoms with van der Waals surface area (Å²) in [7, 11) is 0. The van der Waals surface area contributed by atoms with Crippen molar-refractivity contribution in [3.8, 4) is 0 Å². The number of carbonyl (C=O) groups is 1. The van der Waals surface area contributed by atoms with Crippen LogP contribution in [0.1, 0.15) is 38.0 Å². The maximum atomic E-state index is 12.6. The van der Waals surface area contributed by atoms with Crippen LogP contribution in [0.15, 0.2) is 48.5 Å². The number of β-amino-alcohol motifs (C(OH)–C–C–N with tert-alkyl or cyclic N) is 1. The van der Waals surface area contributed by atoms with Gasteiger partial charge in [0.15, 0.2) is 0 Å². The molecule has 0 bridgehead atoms. The summed E-state index contributed by atoms with van der Waals surface area (Å²) in [6.07, 6.45) is -0.627. The van der Waals surface area contributed by atoms with Crippen LogP contribution in [0.4, 0.5) is 4.79 Å². The van der Waals surface area contributed by atoms with Crippen LogP contribution in [-0.2, 0) is 11.2 Å². The predicted octanol–water partition coefficient (Wildman–Crippen LogP) is 5.46. The second-order valence-corrected chi connectivity index (χ2v) is 9.03. The lowest BCUT2D eigenvalue weighted by Crippen LogP contribution is -2.48. The molecule has 2 aromatic rings. The number of halogens is 2. The smallest absolute Gasteiger partial charge is 0.410 e. The molecule has 6 heteroatoms. The zero-order chi connectivity index (χ0) is 20.0. The highest BCUT2D eigenvalue weighted by Crippen LogP contribution is 2.23. The van der Waals surface area contributed by atoms with Gasteiger partial charge in [0.05, 0.1) is 19.3 Å². The molecule has 0 saturated carbocycles. The van der Waals surface area contributed by atoms with Crippen LogP contribution in [0.25, 0.3) is 0 Å². The lowest BCUT2D eigenvalue weighted by Gasteiger charge is -2.36. The fourth-order valence-electron chi connectivity index (χ4n) is 2.60. The predicted molar refractivity (Wildman–Crippen MR) is 117 cm³/mol. The third kappa shape index (κ3) is 6.97. The Morgan fingerprint density at radius 2 is 1.89 bits per heavy atom. The van der Waals surface area contributed by atoms with E-state index in [2.05, 4.69) is 22.6 Å². The van der Waals surface area contributed by atoms with Crippen molar-refractivity contribution in [1.29, 1.82) is 0 Å². The first kappa shape index (κ1) is 22.0. The molecule has 0 aliphatic rings. The Kier molecular flexibility index (Phi) is 7.94. The molecule has 0 spiro atoms. The minimum atomic E-state index is -0.841. The Morgan fingerprint density at radius 3 is 2.48 bits per heavy atom. The number of carbonyl (C=O) groups excluding carboxylic acids is 1. The van der Waals surface area contributed by atoms with Crippen LogP contribution < -0.4 is 0 Å². The van der Waals surface area contributed by atoms with Gasteiger partial charge in [-0.25, -0.2) is 4.79 Å². The molecule has 0 heterocycles. The summed E-state index contributed by atoms with van der Waals surface area (Å²) in [5.41, 5.74) is 1.30. The van der Waals surface area contributed by atoms with E-state index in [1.807, 2.05) is 45.0 Å². The minimum absolute atomic E-state index is 0.131. The Labute approximate surface area is 179 Å². The number of aliphatic hydroxyl groups excluding tert-OH is 1. The van der Waals surface area contributed by atoms with Crippen LogP contribution in [-0.4, -0.2) is 34.8 Å². The van der Waals surface area contributed by atoms with Crippen molar-refractivity contribution in [2.75, 3.05) is 13.2 Å². The summed E-state index contributed by atoms with van der Waals surface area (Å²) in [6, 6.07) is 15.1. The van der Waals surface area contributed by atoms with Gasteiger partial charge in [-0.2, -0.15) is 0 Å². The first-order chi connectivity index (χ1) is 12.7. The molecule has 0 aliphatic carbocycles. The molecule has 1 N–H and O–H groups in total. The van der Waals surface area contributed by atoms with Crippen LogP contribution >= 0.6 is 34.2 Å². The molecule has 2 rings (SSSR count). The van der Waals surface area contributed by atoms with Crippen LogP contribution in [0.2, 0.25) is 5.02 Å². The summed E-state index contributed by atoms with van der Waals surface area (Å²) in [5, 5.41) is 11.1. The maximum absolute atomic E-state index is 12.6. The van der Waals surface area contributed by atoms with Crippen molar-refractivity contribution in [3.63, 3.8) is 0 Å². The minimum Gasteiger partial charge on any atom is -0.449 e. The molecule has 0 unspecified atom stereocenters. The second kappa shape index (κ2) is 9.75. The third-order valence-electron chi connectivity index (χ3n) is 4.15. The Morgan fingerprint density at radius 1 is 1.22 bits per heavy atom. The summed E-state index contributed by atoms with van der Waals surface area (Å²) >= 11 is 8.25. The molecule has 27 heavy (non-hydrogen) atoms. The van der Waals surface area contributed by atoms with Gasteiger partial charge in [0, 0.05) is 20.6 Å². The standard InChI is InChI=1S/C21H25ClINO3/c1-21(2,3)24(14-19(25)16-5-4-6-17(22)13-16)20(26)27-12-11-15-7-9-18(23)10-8-15/h4-10,13,19,25H,11-12,14H2,1-3H3/t19-/m0/s1. The second-order valence-electron chi connectivity index (χ2n) is 7.34. The number of ether oxygens (including phenoxy) is 1. The molecule has 146 valence electrons. The molecular formula is C21H25ClINO3. The Balaban J connectivity index is 1.98. The maximum Gasteiger partial charge on any atom is 0.410 e. The average Bonchev–Trinajstić information content (AvgIpc) is 2.60. The summed E-state index contributed by atoms with van der Waals surface area (Å²) in [4.78, 5) is 14.2. The molecule has 0 aromatic heterocycles. The fourth-order valence-corrected chi connectivity index (χ4v) is 3.16. The fraction of sp³-hybridized carbons (Fsp3) is 0.381. The van der Waals surface area contributed by atoms with Gasteiger partial charge in [-0.3, -0.25) is 0 Å². The van der Waals surface area contributed by atoms with Crippen molar-refractivity contribution < 1.29 is 14.6 Å². The van der Waals surface area contributed by atoms with E-state index in [0.29, 0.717) is 23.6 Å². The van der Waals surface area contributed by atoms with E-state index in [-0.39, 0.29) is 6.54 Å². The van der Waals surface area contributed by atoms with Gasteiger partial charge < -0.3 is 14.7 Å². The number of nitrogens with zero attached hydrogens (tertiary/aromatic N) is 1. The summed E-state index contributed by atoms with van der Waals surface area (Å²) in [5.74, 6) is 0. The highest BCUT2D eigenvalue weighted by atomic mass is 127. The van der Waals surface area contributed by atoms with E-state index in [1.165, 1.54) is 3.57 Å². The third-order valence-corrected chi connectivity index (χ3v) is 5.10. The lowest BCUT2D eigenvalue weighted by molar-refractivity contribution is 0.0368. The van der Waals surface area contributed by atoms with Gasteiger partial charge in [-0.05, 0) is 78.8 Å². The van der Waals surface area contributed by atoms with Crippen molar-refractivity contribution in [2.45, 2.75) is 38.8 Å². The van der Waals surface area contributed by atoms with Crippen LogP contribution in [0.5, 0.6) is 0 Å². The Bertz CT molecular complexity index is 759. The van der Waals surface area contributed by atoms with E-state index in [9.17, 15) is 9.90 Å². The van der Waals surface area contributed by atoms with Crippen molar-refractivity contribution in [3.05, 3.63) is 68.3 Å². The van der Waals surface area contributed by atoms with E-state index in [4.69, 9.17) is 16.3 Å². The number of hydrogen-bond acceptors (Lipinski definition) is 3. The van der Waals surface area contributed by atoms with Crippen molar-refractivity contribution in [1.82, 2.24) is 4.90 Å². The number of amides is 1. The molecule has 0 aliphatic heterocycles. The van der Waals surface area contributed by atoms with Gasteiger partial charge in [-0.15, -0.1) is 0 Å². The van der Waals surface area contributed by atoms with Gasteiger partial charge in [0.2, 0.25) is 0 Å². The number of benzene rings is 2. The number of hydrogen-bond donors (Lipinski definition) is 1. The SMILES string of the molecule is CC(C)(C)N(C[C@H](O)c1cccc(Cl)c1)C(=O)OCCc1ccc(I)cc1. The van der Waals surface area contributed by atoms with E-state index < -0.39 is 17.7 Å². The monoisotopic (exact) mass is 501 g/mol. The first-order valence-corrected chi connectivity index (χ1v) is 10.2. The molecule has 0 fully saturated rings. The molecule has 1 atom stereocenters. The van der Waals surface area contributed by atoms with Crippen molar-refractivity contribution in [2.24, 2.45) is 0 Å². The largest absolute Gasteiger partial charge is 0.449 e. The van der Waals surface area contributed by atoms with E-state index >= 15 is 0 Å². The number of aliphatic hydroxyl groups is 1. The van der Waals surface area contributed by atoms with E-state index in [0.717, 1.165) is 5.56 Å². The highest BCUT2D eigenvalue weighted by molar-refractivity contribution is 14.1. The molecule has 0 radical (unpaired) electrons. The van der Waals surface area contributed by atoms with Gasteiger partial charge in [0.25, 0.3) is 0 Å². The van der Waals surface area contributed by atoms with Crippen LogP contribution in [0, 0.1) is 3.57 Å². The average molecular weight is 502 g/mol. The number of rotatable bonds is 6. The molecule has 4 nitrogen and oxygen atoms in total. The van der Waals surface area contributed by atoms with E-state index in [1.54, 1.807) is 29.2 Å². The van der Waals surface area contributed by atoms with Crippen molar-refractivity contribution >= 4 is 40.3 Å². The summed E-state index contributed by atoms with van der Waals surface area (Å²) in [6.45, 7) is 6.17. The Hall–Kier alpha value is -1.31. The van der Waals surface area contributed by atoms with Crippen LogP contribution in [0.3, 0.4) is 0 Å². The van der Waals surface area contributed by atoms with Gasteiger partial charge in [-0.1, -0.05) is 35.9 Å². The topological polar surface area (TPSA) is 49.8 Å². The summed E-state index contributed by atoms with van der Waals surface area (Å²) < 4.78 is 6.64.